The zero-order valence-electron chi connectivity index (χ0n) is 10.6. The summed E-state index contributed by atoms with van der Waals surface area (Å²) >= 11 is 0. The van der Waals surface area contributed by atoms with Crippen LogP contribution in [-0.4, -0.2) is 30.1 Å². The molecule has 2 rings (SSSR count). The third kappa shape index (κ3) is 4.02. The van der Waals surface area contributed by atoms with Crippen LogP contribution in [-0.2, 0) is 22.6 Å². The number of alkyl halides is 3. The van der Waals surface area contributed by atoms with Crippen molar-refractivity contribution in [1.29, 1.82) is 0 Å². The van der Waals surface area contributed by atoms with Gasteiger partial charge < -0.3 is 0 Å². The number of halogens is 3. The lowest BCUT2D eigenvalue weighted by atomic mass is 10.2. The van der Waals surface area contributed by atoms with Gasteiger partial charge in [0, 0.05) is 13.0 Å². The molecule has 1 aromatic carbocycles. The first-order valence-corrected chi connectivity index (χ1v) is 7.28. The predicted octanol–water partition coefficient (Wildman–Crippen LogP) is 1.34. The second kappa shape index (κ2) is 5.82. The number of H-pyrrole nitrogens is 1. The summed E-state index contributed by atoms with van der Waals surface area (Å²) in [6.07, 6.45) is -3.07. The van der Waals surface area contributed by atoms with E-state index in [-0.39, 0.29) is 13.0 Å². The monoisotopic (exact) mass is 320 g/mol. The molecule has 0 bridgehead atoms. The molecule has 0 aliphatic carbocycles. The molecule has 0 saturated heterocycles. The Balaban J connectivity index is 2.08. The number of hydrogen-bond acceptors (Lipinski definition) is 4. The third-order valence-electron chi connectivity index (χ3n) is 2.59. The summed E-state index contributed by atoms with van der Waals surface area (Å²) in [4.78, 5) is 3.37. The van der Waals surface area contributed by atoms with E-state index in [1.54, 1.807) is 0 Å². The van der Waals surface area contributed by atoms with E-state index in [2.05, 4.69) is 19.9 Å². The van der Waals surface area contributed by atoms with E-state index in [4.69, 9.17) is 0 Å². The van der Waals surface area contributed by atoms with Crippen molar-refractivity contribution in [2.75, 3.05) is 6.54 Å². The second-order valence-electron chi connectivity index (χ2n) is 4.11. The van der Waals surface area contributed by atoms with Crippen LogP contribution in [0.4, 0.5) is 13.2 Å². The van der Waals surface area contributed by atoms with Crippen LogP contribution < -0.4 is 4.72 Å². The number of aromatic nitrogens is 3. The number of benzene rings is 1. The van der Waals surface area contributed by atoms with Gasteiger partial charge in [0.25, 0.3) is 0 Å². The Morgan fingerprint density at radius 1 is 1.29 bits per heavy atom. The molecule has 1 heterocycles. The molecule has 0 atom stereocenters. The zero-order valence-corrected chi connectivity index (χ0v) is 11.4. The third-order valence-corrected chi connectivity index (χ3v) is 4.05. The van der Waals surface area contributed by atoms with Crippen molar-refractivity contribution in [3.05, 3.63) is 42.0 Å². The van der Waals surface area contributed by atoms with Crippen molar-refractivity contribution < 1.29 is 21.6 Å². The van der Waals surface area contributed by atoms with Crippen LogP contribution >= 0.6 is 0 Å². The Hall–Kier alpha value is -1.94. The van der Waals surface area contributed by atoms with Gasteiger partial charge in [-0.15, -0.1) is 0 Å². The van der Waals surface area contributed by atoms with Crippen LogP contribution in [0.1, 0.15) is 11.4 Å². The minimum absolute atomic E-state index is 0.00618. The van der Waals surface area contributed by atoms with Crippen molar-refractivity contribution in [3.8, 4) is 0 Å². The highest BCUT2D eigenvalue weighted by atomic mass is 32.2. The van der Waals surface area contributed by atoms with Crippen LogP contribution in [0.15, 0.2) is 35.5 Å². The fourth-order valence-electron chi connectivity index (χ4n) is 1.58. The molecule has 0 fully saturated rings. The summed E-state index contributed by atoms with van der Waals surface area (Å²) in [6.45, 7) is -0.00618. The number of nitrogens with zero attached hydrogens (tertiary/aromatic N) is 2. The maximum Gasteiger partial charge on any atom is 0.416 e. The summed E-state index contributed by atoms with van der Waals surface area (Å²) < 4.78 is 63.7. The van der Waals surface area contributed by atoms with E-state index in [1.165, 1.54) is 6.33 Å². The first-order valence-electron chi connectivity index (χ1n) is 5.80. The van der Waals surface area contributed by atoms with Gasteiger partial charge >= 0.3 is 6.18 Å². The van der Waals surface area contributed by atoms with Crippen LogP contribution in [0.25, 0.3) is 0 Å². The van der Waals surface area contributed by atoms with E-state index < -0.39 is 26.7 Å². The molecular weight excluding hydrogens is 309 g/mol. The molecule has 0 aliphatic rings. The molecule has 0 amide bonds. The van der Waals surface area contributed by atoms with Crippen molar-refractivity contribution in [2.45, 2.75) is 17.5 Å². The molecule has 2 N–H and O–H groups in total. The number of hydrogen-bond donors (Lipinski definition) is 2. The predicted molar refractivity (Wildman–Crippen MR) is 66.7 cm³/mol. The Labute approximate surface area is 118 Å². The van der Waals surface area contributed by atoms with Gasteiger partial charge in [-0.3, -0.25) is 5.10 Å². The minimum Gasteiger partial charge on any atom is -0.263 e. The van der Waals surface area contributed by atoms with Crippen LogP contribution in [0.2, 0.25) is 0 Å². The average Bonchev–Trinajstić information content (AvgIpc) is 2.91. The minimum atomic E-state index is -4.59. The Morgan fingerprint density at radius 3 is 2.67 bits per heavy atom. The number of sulfonamides is 1. The lowest BCUT2D eigenvalue weighted by Crippen LogP contribution is -2.26. The quantitative estimate of drug-likeness (QED) is 0.870. The fourth-order valence-corrected chi connectivity index (χ4v) is 2.66. The maximum atomic E-state index is 12.6. The Bertz CT molecular complexity index is 699. The first-order chi connectivity index (χ1) is 9.79. The largest absolute Gasteiger partial charge is 0.416 e. The van der Waals surface area contributed by atoms with Gasteiger partial charge in [-0.1, -0.05) is 6.07 Å². The van der Waals surface area contributed by atoms with E-state index >= 15 is 0 Å². The summed E-state index contributed by atoms with van der Waals surface area (Å²) in [5, 5.41) is 6.14. The Kier molecular flexibility index (Phi) is 4.28. The summed E-state index contributed by atoms with van der Waals surface area (Å²) in [5.74, 6) is 0.474. The van der Waals surface area contributed by atoms with Crippen LogP contribution in [0.3, 0.4) is 0 Å². The molecule has 21 heavy (non-hydrogen) atoms. The van der Waals surface area contributed by atoms with Gasteiger partial charge in [0.1, 0.15) is 12.2 Å². The second-order valence-corrected chi connectivity index (χ2v) is 5.87. The van der Waals surface area contributed by atoms with Crippen molar-refractivity contribution >= 4 is 10.0 Å². The van der Waals surface area contributed by atoms with Gasteiger partial charge in [0.2, 0.25) is 10.0 Å². The summed E-state index contributed by atoms with van der Waals surface area (Å²) in [6, 6.07) is 3.56. The van der Waals surface area contributed by atoms with E-state index in [1.807, 2.05) is 0 Å². The highest BCUT2D eigenvalue weighted by Crippen LogP contribution is 2.30. The molecule has 1 aromatic heterocycles. The smallest absolute Gasteiger partial charge is 0.263 e. The molecule has 2 aromatic rings. The van der Waals surface area contributed by atoms with Crippen molar-refractivity contribution in [1.82, 2.24) is 19.9 Å². The highest BCUT2D eigenvalue weighted by molar-refractivity contribution is 7.89. The zero-order chi connectivity index (χ0) is 15.5. The normalized spacial score (nSPS) is 12.5. The molecule has 114 valence electrons. The molecule has 0 radical (unpaired) electrons. The number of aromatic amines is 1. The van der Waals surface area contributed by atoms with Gasteiger partial charge in [-0.25, -0.2) is 18.1 Å². The molecular formula is C11H11F3N4O2S. The van der Waals surface area contributed by atoms with Crippen molar-refractivity contribution in [2.24, 2.45) is 0 Å². The van der Waals surface area contributed by atoms with Crippen LogP contribution in [0, 0.1) is 0 Å². The van der Waals surface area contributed by atoms with E-state index in [0.717, 1.165) is 18.2 Å². The van der Waals surface area contributed by atoms with E-state index in [9.17, 15) is 21.6 Å². The van der Waals surface area contributed by atoms with Crippen LogP contribution in [0.5, 0.6) is 0 Å². The fraction of sp³-hybridized carbons (Fsp3) is 0.273. The topological polar surface area (TPSA) is 87.7 Å². The molecule has 0 saturated carbocycles. The molecule has 0 aliphatic heterocycles. The van der Waals surface area contributed by atoms with Gasteiger partial charge in [0.05, 0.1) is 10.5 Å². The highest BCUT2D eigenvalue weighted by Gasteiger charge is 2.31. The summed E-state index contributed by atoms with van der Waals surface area (Å²) in [5.41, 5.74) is -1.01. The molecule has 0 unspecified atom stereocenters. The maximum absolute atomic E-state index is 12.6. The molecule has 10 heteroatoms. The average molecular weight is 320 g/mol. The van der Waals surface area contributed by atoms with Crippen molar-refractivity contribution in [3.63, 3.8) is 0 Å². The van der Waals surface area contributed by atoms with Gasteiger partial charge in [-0.2, -0.15) is 18.3 Å². The molecule has 6 nitrogen and oxygen atoms in total. The number of rotatable bonds is 5. The number of nitrogens with one attached hydrogen (secondary N) is 2. The lowest BCUT2D eigenvalue weighted by molar-refractivity contribution is -0.137. The SMILES string of the molecule is O=S(=O)(NCCc1ncn[nH]1)c1cccc(C(F)(F)F)c1. The first kappa shape index (κ1) is 15.4. The lowest BCUT2D eigenvalue weighted by Gasteiger charge is -2.10. The van der Waals surface area contributed by atoms with E-state index in [0.29, 0.717) is 11.9 Å². The van der Waals surface area contributed by atoms with Gasteiger partial charge in [-0.05, 0) is 18.2 Å². The molecule has 0 spiro atoms. The standard InChI is InChI=1S/C11H11F3N4O2S/c12-11(13,14)8-2-1-3-9(6-8)21(19,20)17-5-4-10-15-7-16-18-10/h1-3,6-7,17H,4-5H2,(H,15,16,18). The Morgan fingerprint density at radius 2 is 2.05 bits per heavy atom. The summed E-state index contributed by atoms with van der Waals surface area (Å²) in [7, 11) is -4.01. The van der Waals surface area contributed by atoms with Gasteiger partial charge in [0.15, 0.2) is 0 Å².